The summed E-state index contributed by atoms with van der Waals surface area (Å²) in [4.78, 5) is 0. The Labute approximate surface area is 149 Å². The molecule has 2 aromatic rings. The molecule has 0 aliphatic heterocycles. The summed E-state index contributed by atoms with van der Waals surface area (Å²) in [7, 11) is 0. The van der Waals surface area contributed by atoms with Gasteiger partial charge in [0.15, 0.2) is 5.11 Å². The van der Waals surface area contributed by atoms with Crippen LogP contribution in [0.5, 0.6) is 0 Å². The normalized spacial score (nSPS) is 15.5. The minimum atomic E-state index is 0.524. The molecular weight excluding hydrogens is 314 g/mol. The third-order valence-corrected chi connectivity index (χ3v) is 4.55. The lowest BCUT2D eigenvalue weighted by molar-refractivity contribution is 0.774. The Bertz CT molecular complexity index is 780. The van der Waals surface area contributed by atoms with Crippen molar-refractivity contribution in [2.75, 3.05) is 5.32 Å². The monoisotopic (exact) mass is 337 g/mol. The van der Waals surface area contributed by atoms with Crippen LogP contribution in [-0.2, 0) is 6.42 Å². The first kappa shape index (κ1) is 16.7. The van der Waals surface area contributed by atoms with E-state index in [-0.39, 0.29) is 0 Å². The molecule has 0 spiro atoms. The second-order valence-corrected chi connectivity index (χ2v) is 6.72. The van der Waals surface area contributed by atoms with Crippen molar-refractivity contribution in [1.29, 1.82) is 0 Å². The van der Waals surface area contributed by atoms with Crippen LogP contribution in [0.1, 0.15) is 41.5 Å². The van der Waals surface area contributed by atoms with Crippen LogP contribution < -0.4 is 10.7 Å². The van der Waals surface area contributed by atoms with Crippen LogP contribution in [0.15, 0.2) is 47.6 Å². The fourth-order valence-corrected chi connectivity index (χ4v) is 3.26. The smallest absolute Gasteiger partial charge is 0.191 e. The van der Waals surface area contributed by atoms with Gasteiger partial charge < -0.3 is 5.32 Å². The quantitative estimate of drug-likeness (QED) is 0.473. The van der Waals surface area contributed by atoms with Gasteiger partial charge in [0, 0.05) is 11.3 Å². The van der Waals surface area contributed by atoms with Gasteiger partial charge in [0.05, 0.1) is 5.71 Å². The van der Waals surface area contributed by atoms with E-state index >= 15 is 0 Å². The van der Waals surface area contributed by atoms with Crippen LogP contribution in [0, 0.1) is 13.8 Å². The number of rotatable bonds is 2. The zero-order chi connectivity index (χ0) is 16.9. The van der Waals surface area contributed by atoms with Gasteiger partial charge in [-0.2, -0.15) is 5.10 Å². The SMILES string of the molecule is Cc1ccc(NC(=S)N/N=C2\CCCCc3ccccc32)c(C)c1. The largest absolute Gasteiger partial charge is 0.331 e. The highest BCUT2D eigenvalue weighted by molar-refractivity contribution is 7.80. The molecule has 1 aliphatic rings. The molecule has 0 saturated carbocycles. The highest BCUT2D eigenvalue weighted by Crippen LogP contribution is 2.21. The summed E-state index contributed by atoms with van der Waals surface area (Å²) in [5.41, 5.74) is 10.2. The molecule has 2 aromatic carbocycles. The zero-order valence-corrected chi connectivity index (χ0v) is 15.0. The first-order valence-electron chi connectivity index (χ1n) is 8.42. The predicted molar refractivity (Wildman–Crippen MR) is 106 cm³/mol. The van der Waals surface area contributed by atoms with E-state index < -0.39 is 0 Å². The molecule has 0 heterocycles. The van der Waals surface area contributed by atoms with Crippen molar-refractivity contribution in [3.05, 3.63) is 64.7 Å². The van der Waals surface area contributed by atoms with Crippen molar-refractivity contribution in [2.45, 2.75) is 39.5 Å². The molecule has 0 bridgehead atoms. The summed E-state index contributed by atoms with van der Waals surface area (Å²) in [6.45, 7) is 4.16. The van der Waals surface area contributed by atoms with Crippen LogP contribution in [0.2, 0.25) is 0 Å². The van der Waals surface area contributed by atoms with Crippen molar-refractivity contribution in [1.82, 2.24) is 5.43 Å². The Balaban J connectivity index is 1.72. The summed E-state index contributed by atoms with van der Waals surface area (Å²) < 4.78 is 0. The molecule has 3 rings (SSSR count). The van der Waals surface area contributed by atoms with Gasteiger partial charge in [0.25, 0.3) is 0 Å². The van der Waals surface area contributed by atoms with Crippen molar-refractivity contribution in [2.24, 2.45) is 5.10 Å². The minimum Gasteiger partial charge on any atom is -0.331 e. The molecule has 2 N–H and O–H groups in total. The van der Waals surface area contributed by atoms with Gasteiger partial charge in [0.2, 0.25) is 0 Å². The summed E-state index contributed by atoms with van der Waals surface area (Å²) in [6.07, 6.45) is 4.48. The Hall–Kier alpha value is -2.20. The van der Waals surface area contributed by atoms with Gasteiger partial charge in [0.1, 0.15) is 0 Å². The maximum absolute atomic E-state index is 5.40. The Kier molecular flexibility index (Phi) is 5.26. The van der Waals surface area contributed by atoms with Crippen LogP contribution >= 0.6 is 12.2 Å². The Morgan fingerprint density at radius 3 is 2.67 bits per heavy atom. The van der Waals surface area contributed by atoms with Crippen molar-refractivity contribution >= 4 is 28.7 Å². The van der Waals surface area contributed by atoms with Gasteiger partial charge in [-0.15, -0.1) is 0 Å². The van der Waals surface area contributed by atoms with E-state index in [1.165, 1.54) is 28.7 Å². The average Bonchev–Trinajstić information content (AvgIpc) is 2.78. The molecule has 24 heavy (non-hydrogen) atoms. The maximum atomic E-state index is 5.40. The number of nitrogens with one attached hydrogen (secondary N) is 2. The number of fused-ring (bicyclic) bond motifs is 1. The fourth-order valence-electron chi connectivity index (χ4n) is 3.10. The van der Waals surface area contributed by atoms with E-state index in [0.29, 0.717) is 5.11 Å². The molecule has 0 aromatic heterocycles. The predicted octanol–water partition coefficient (Wildman–Crippen LogP) is 4.72. The summed E-state index contributed by atoms with van der Waals surface area (Å²) in [6, 6.07) is 14.8. The van der Waals surface area contributed by atoms with E-state index in [1.54, 1.807) is 0 Å². The second-order valence-electron chi connectivity index (χ2n) is 6.31. The molecule has 3 nitrogen and oxygen atoms in total. The molecular formula is C20H23N3S. The molecule has 124 valence electrons. The summed E-state index contributed by atoms with van der Waals surface area (Å²) in [5, 5.41) is 8.34. The second kappa shape index (κ2) is 7.58. The standard InChI is InChI=1S/C20H23N3S/c1-14-11-12-18(15(2)13-14)21-20(24)23-22-19-10-6-4-8-16-7-3-5-9-17(16)19/h3,5,7,9,11-13H,4,6,8,10H2,1-2H3,(H2,21,23,24)/b22-19+. The van der Waals surface area contributed by atoms with Gasteiger partial charge in [-0.05, 0) is 68.9 Å². The van der Waals surface area contributed by atoms with Crippen LogP contribution in [0.3, 0.4) is 0 Å². The molecule has 1 aliphatic carbocycles. The Morgan fingerprint density at radius 2 is 1.83 bits per heavy atom. The first-order chi connectivity index (χ1) is 11.6. The topological polar surface area (TPSA) is 36.4 Å². The lowest BCUT2D eigenvalue weighted by Crippen LogP contribution is -2.25. The number of thiocarbonyl (C=S) groups is 1. The van der Waals surface area contributed by atoms with Gasteiger partial charge in [-0.1, -0.05) is 42.0 Å². The summed E-state index contributed by atoms with van der Waals surface area (Å²) >= 11 is 5.40. The van der Waals surface area contributed by atoms with Crippen LogP contribution in [0.4, 0.5) is 5.69 Å². The first-order valence-corrected chi connectivity index (χ1v) is 8.83. The van der Waals surface area contributed by atoms with Gasteiger partial charge in [-0.3, -0.25) is 5.43 Å². The van der Waals surface area contributed by atoms with E-state index in [0.717, 1.165) is 30.7 Å². The van der Waals surface area contributed by atoms with Crippen molar-refractivity contribution in [3.63, 3.8) is 0 Å². The molecule has 0 radical (unpaired) electrons. The number of anilines is 1. The highest BCUT2D eigenvalue weighted by Gasteiger charge is 2.13. The maximum Gasteiger partial charge on any atom is 0.191 e. The summed E-state index contributed by atoms with van der Waals surface area (Å²) in [5.74, 6) is 0. The zero-order valence-electron chi connectivity index (χ0n) is 14.2. The van der Waals surface area contributed by atoms with Crippen molar-refractivity contribution < 1.29 is 0 Å². The highest BCUT2D eigenvalue weighted by atomic mass is 32.1. The lowest BCUT2D eigenvalue weighted by atomic mass is 10.0. The Morgan fingerprint density at radius 1 is 1.04 bits per heavy atom. The molecule has 4 heteroatoms. The lowest BCUT2D eigenvalue weighted by Gasteiger charge is -2.12. The third-order valence-electron chi connectivity index (χ3n) is 4.36. The van der Waals surface area contributed by atoms with Crippen LogP contribution in [0.25, 0.3) is 0 Å². The fraction of sp³-hybridized carbons (Fsp3) is 0.300. The van der Waals surface area contributed by atoms with E-state index in [1.807, 2.05) is 6.07 Å². The molecule has 0 fully saturated rings. The van der Waals surface area contributed by atoms with E-state index in [4.69, 9.17) is 12.2 Å². The average molecular weight is 337 g/mol. The van der Waals surface area contributed by atoms with E-state index in [9.17, 15) is 0 Å². The van der Waals surface area contributed by atoms with Gasteiger partial charge in [-0.25, -0.2) is 0 Å². The van der Waals surface area contributed by atoms with Gasteiger partial charge >= 0.3 is 0 Å². The molecule has 0 amide bonds. The minimum absolute atomic E-state index is 0.524. The molecule has 0 atom stereocenters. The molecule has 0 unspecified atom stereocenters. The number of aryl methyl sites for hydroxylation is 3. The van der Waals surface area contributed by atoms with Crippen LogP contribution in [-0.4, -0.2) is 10.8 Å². The molecule has 0 saturated heterocycles. The number of hydrazone groups is 1. The number of nitrogens with zero attached hydrogens (tertiary/aromatic N) is 1. The van der Waals surface area contributed by atoms with Crippen molar-refractivity contribution in [3.8, 4) is 0 Å². The number of benzene rings is 2. The number of hydrogen-bond donors (Lipinski definition) is 2. The number of hydrogen-bond acceptors (Lipinski definition) is 2. The third kappa shape index (κ3) is 4.01. The van der Waals surface area contributed by atoms with E-state index in [2.05, 4.69) is 66.1 Å².